The molecule has 0 aliphatic heterocycles. The van der Waals surface area contributed by atoms with Gasteiger partial charge in [-0.05, 0) is 18.2 Å². The summed E-state index contributed by atoms with van der Waals surface area (Å²) in [4.78, 5) is 5.49. The van der Waals surface area contributed by atoms with Crippen LogP contribution in [0.5, 0.6) is 0 Å². The molecule has 3 rings (SSSR count). The van der Waals surface area contributed by atoms with Gasteiger partial charge in [0.1, 0.15) is 16.1 Å². The Labute approximate surface area is 106 Å². The second-order valence-corrected chi connectivity index (χ2v) is 5.60. The van der Waals surface area contributed by atoms with Crippen molar-refractivity contribution in [3.63, 3.8) is 0 Å². The predicted molar refractivity (Wildman–Crippen MR) is 72.1 cm³/mol. The van der Waals surface area contributed by atoms with Crippen LogP contribution in [0.15, 0.2) is 30.3 Å². The lowest BCUT2D eigenvalue weighted by Gasteiger charge is -1.84. The molecule has 5 heteroatoms. The molecule has 0 unspecified atom stereocenters. The third kappa shape index (κ3) is 1.68. The fraction of sp³-hybridized carbons (Fsp3) is 0. The van der Waals surface area contributed by atoms with Gasteiger partial charge in [0.25, 0.3) is 0 Å². The second-order valence-electron chi connectivity index (χ2n) is 3.49. The van der Waals surface area contributed by atoms with Crippen molar-refractivity contribution in [3.8, 4) is 16.0 Å². The lowest BCUT2D eigenvalue weighted by Crippen LogP contribution is -1.80. The molecule has 0 spiro atoms. The molecule has 0 aliphatic rings. The minimum atomic E-state index is 0.532. The Kier molecular flexibility index (Phi) is 2.32. The maximum Gasteiger partial charge on any atom is 0.134 e. The van der Waals surface area contributed by atoms with Crippen LogP contribution in [0.3, 0.4) is 0 Å². The molecule has 3 nitrogen and oxygen atoms in total. The molecular formula is C12H7N3S2. The first-order chi connectivity index (χ1) is 8.28. The molecule has 0 bridgehead atoms. The zero-order valence-electron chi connectivity index (χ0n) is 8.68. The fourth-order valence-corrected chi connectivity index (χ4v) is 3.46. The number of aromatic nitrogens is 1. The molecule has 3 aromatic rings. The van der Waals surface area contributed by atoms with Crippen molar-refractivity contribution in [1.82, 2.24) is 4.98 Å². The van der Waals surface area contributed by atoms with Gasteiger partial charge in [-0.1, -0.05) is 12.1 Å². The van der Waals surface area contributed by atoms with Crippen LogP contribution in [0, 0.1) is 11.3 Å². The minimum absolute atomic E-state index is 0.532. The summed E-state index contributed by atoms with van der Waals surface area (Å²) in [6, 6.07) is 11.9. The van der Waals surface area contributed by atoms with Crippen LogP contribution in [-0.4, -0.2) is 4.98 Å². The van der Waals surface area contributed by atoms with E-state index >= 15 is 0 Å². The Bertz CT molecular complexity index is 701. The van der Waals surface area contributed by atoms with E-state index in [9.17, 15) is 0 Å². The number of hydrogen-bond acceptors (Lipinski definition) is 5. The minimum Gasteiger partial charge on any atom is -0.389 e. The Morgan fingerprint density at radius 3 is 2.76 bits per heavy atom. The van der Waals surface area contributed by atoms with Crippen LogP contribution in [0.25, 0.3) is 20.1 Å². The van der Waals surface area contributed by atoms with E-state index in [1.54, 1.807) is 17.4 Å². The summed E-state index contributed by atoms with van der Waals surface area (Å²) < 4.78 is 1.15. The number of nitrogens with two attached hydrogens (primary N) is 1. The van der Waals surface area contributed by atoms with Crippen molar-refractivity contribution < 1.29 is 0 Å². The molecular weight excluding hydrogens is 250 g/mol. The smallest absolute Gasteiger partial charge is 0.134 e. The van der Waals surface area contributed by atoms with Crippen LogP contribution < -0.4 is 5.73 Å². The number of nitrogens with zero attached hydrogens (tertiary/aromatic N) is 2. The highest BCUT2D eigenvalue weighted by atomic mass is 32.1. The van der Waals surface area contributed by atoms with Gasteiger partial charge in [0.05, 0.1) is 20.7 Å². The molecule has 0 amide bonds. The first-order valence-corrected chi connectivity index (χ1v) is 6.56. The zero-order chi connectivity index (χ0) is 11.8. The van der Waals surface area contributed by atoms with Gasteiger partial charge in [-0.3, -0.25) is 0 Å². The van der Waals surface area contributed by atoms with Gasteiger partial charge in [-0.15, -0.1) is 22.7 Å². The molecule has 0 saturated heterocycles. The van der Waals surface area contributed by atoms with E-state index in [0.29, 0.717) is 10.6 Å². The highest BCUT2D eigenvalue weighted by molar-refractivity contribution is 7.26. The number of fused-ring (bicyclic) bond motifs is 1. The largest absolute Gasteiger partial charge is 0.389 e. The molecule has 0 saturated carbocycles. The summed E-state index contributed by atoms with van der Waals surface area (Å²) in [5.41, 5.74) is 7.27. The van der Waals surface area contributed by atoms with Crippen molar-refractivity contribution in [2.45, 2.75) is 0 Å². The number of para-hydroxylation sites is 1. The Morgan fingerprint density at radius 1 is 1.24 bits per heavy atom. The van der Waals surface area contributed by atoms with Gasteiger partial charge in [0.2, 0.25) is 0 Å². The van der Waals surface area contributed by atoms with Crippen LogP contribution in [0.1, 0.15) is 5.56 Å². The van der Waals surface area contributed by atoms with Crippen molar-refractivity contribution in [1.29, 1.82) is 5.26 Å². The van der Waals surface area contributed by atoms with E-state index in [0.717, 1.165) is 20.1 Å². The number of thiazole rings is 1. The monoisotopic (exact) mass is 257 g/mol. The second kappa shape index (κ2) is 3.84. The van der Waals surface area contributed by atoms with E-state index < -0.39 is 0 Å². The topological polar surface area (TPSA) is 62.7 Å². The number of anilines is 1. The average molecular weight is 257 g/mol. The summed E-state index contributed by atoms with van der Waals surface area (Å²) >= 11 is 3.03. The fourth-order valence-electron chi connectivity index (χ4n) is 1.58. The number of nitrogen functional groups attached to an aromatic ring is 1. The Balaban J connectivity index is 2.17. The van der Waals surface area contributed by atoms with Gasteiger partial charge in [0, 0.05) is 0 Å². The summed E-state index contributed by atoms with van der Waals surface area (Å²) in [6.07, 6.45) is 0. The first-order valence-electron chi connectivity index (χ1n) is 4.93. The van der Waals surface area contributed by atoms with Gasteiger partial charge < -0.3 is 5.73 Å². The molecule has 82 valence electrons. The molecule has 0 fully saturated rings. The standard InChI is InChI=1S/C12H7N3S2/c13-6-7-5-10(16-11(7)14)12-15-8-3-1-2-4-9(8)17-12/h1-5H,14H2. The number of benzene rings is 1. The lowest BCUT2D eigenvalue weighted by atomic mass is 10.3. The van der Waals surface area contributed by atoms with Crippen molar-refractivity contribution >= 4 is 37.9 Å². The highest BCUT2D eigenvalue weighted by Crippen LogP contribution is 2.37. The third-order valence-corrected chi connectivity index (χ3v) is 4.56. The Morgan fingerprint density at radius 2 is 2.06 bits per heavy atom. The molecule has 2 aromatic heterocycles. The lowest BCUT2D eigenvalue weighted by molar-refractivity contribution is 1.49. The predicted octanol–water partition coefficient (Wildman–Crippen LogP) is 3.48. The van der Waals surface area contributed by atoms with Crippen molar-refractivity contribution in [2.75, 3.05) is 5.73 Å². The van der Waals surface area contributed by atoms with Crippen molar-refractivity contribution in [2.24, 2.45) is 0 Å². The number of hydrogen-bond donors (Lipinski definition) is 1. The maximum absolute atomic E-state index is 8.88. The van der Waals surface area contributed by atoms with Gasteiger partial charge >= 0.3 is 0 Å². The van der Waals surface area contributed by atoms with E-state index in [1.807, 2.05) is 24.3 Å². The van der Waals surface area contributed by atoms with E-state index in [1.165, 1.54) is 11.3 Å². The van der Waals surface area contributed by atoms with E-state index in [-0.39, 0.29) is 0 Å². The summed E-state index contributed by atoms with van der Waals surface area (Å²) in [5.74, 6) is 0. The van der Waals surface area contributed by atoms with Crippen LogP contribution >= 0.6 is 22.7 Å². The number of nitriles is 1. The maximum atomic E-state index is 8.88. The van der Waals surface area contributed by atoms with Crippen LogP contribution in [0.4, 0.5) is 5.00 Å². The first kappa shape index (κ1) is 10.3. The molecule has 0 aliphatic carbocycles. The van der Waals surface area contributed by atoms with E-state index in [2.05, 4.69) is 11.1 Å². The highest BCUT2D eigenvalue weighted by Gasteiger charge is 2.11. The molecule has 0 atom stereocenters. The summed E-state index contributed by atoms with van der Waals surface area (Å²) in [6.45, 7) is 0. The van der Waals surface area contributed by atoms with Gasteiger partial charge in [-0.25, -0.2) is 4.98 Å². The molecule has 2 N–H and O–H groups in total. The van der Waals surface area contributed by atoms with Gasteiger partial charge in [0.15, 0.2) is 0 Å². The molecule has 2 heterocycles. The van der Waals surface area contributed by atoms with Gasteiger partial charge in [-0.2, -0.15) is 5.26 Å². The average Bonchev–Trinajstić information content (AvgIpc) is 2.91. The molecule has 0 radical (unpaired) electrons. The number of thiophene rings is 1. The normalized spacial score (nSPS) is 10.5. The Hall–Kier alpha value is -1.90. The summed E-state index contributed by atoms with van der Waals surface area (Å²) in [7, 11) is 0. The van der Waals surface area contributed by atoms with Crippen LogP contribution in [0.2, 0.25) is 0 Å². The number of rotatable bonds is 1. The molecule has 17 heavy (non-hydrogen) atoms. The third-order valence-electron chi connectivity index (χ3n) is 2.39. The quantitative estimate of drug-likeness (QED) is 0.726. The van der Waals surface area contributed by atoms with Crippen LogP contribution in [-0.2, 0) is 0 Å². The summed E-state index contributed by atoms with van der Waals surface area (Å²) in [5, 5.41) is 10.4. The zero-order valence-corrected chi connectivity index (χ0v) is 10.3. The molecule has 1 aromatic carbocycles. The SMILES string of the molecule is N#Cc1cc(-c2nc3ccccc3s2)sc1N. The van der Waals surface area contributed by atoms with Crippen molar-refractivity contribution in [3.05, 3.63) is 35.9 Å². The van der Waals surface area contributed by atoms with E-state index in [4.69, 9.17) is 11.0 Å².